The highest BCUT2D eigenvalue weighted by Gasteiger charge is 2.42. The van der Waals surface area contributed by atoms with Crippen LogP contribution in [0.25, 0.3) is 0 Å². The minimum atomic E-state index is -5.25. The molecule has 9 heteroatoms. The topological polar surface area (TPSA) is 72.5 Å². The minimum absolute atomic E-state index is 0.341. The molecule has 1 aromatic rings. The fourth-order valence-corrected chi connectivity index (χ4v) is 1.88. The lowest BCUT2D eigenvalue weighted by molar-refractivity contribution is -0.203. The molecule has 0 atom stereocenters. The van der Waals surface area contributed by atoms with Gasteiger partial charge in [0.25, 0.3) is 0 Å². The van der Waals surface area contributed by atoms with Gasteiger partial charge in [0.2, 0.25) is 10.0 Å². The fourth-order valence-electron chi connectivity index (χ4n) is 0.982. The first-order valence-electron chi connectivity index (χ1n) is 4.52. The van der Waals surface area contributed by atoms with E-state index in [1.807, 2.05) is 0 Å². The largest absolute Gasteiger partial charge is 0.492 e. The number of hydrogen-bond acceptors (Lipinski definition) is 4. The van der Waals surface area contributed by atoms with E-state index in [1.54, 1.807) is 18.2 Å². The Hall–Kier alpha value is -1.61. The zero-order valence-corrected chi connectivity index (χ0v) is 9.59. The predicted octanol–water partition coefficient (Wildman–Crippen LogP) is 1.13. The van der Waals surface area contributed by atoms with E-state index >= 15 is 0 Å². The molecule has 0 amide bonds. The van der Waals surface area contributed by atoms with Crippen LogP contribution in [0.15, 0.2) is 30.3 Å². The zero-order chi connectivity index (χ0) is 13.8. The fraction of sp³-hybridized carbons (Fsp3) is 0.222. The molecular weight excluding hydrogens is 275 g/mol. The van der Waals surface area contributed by atoms with E-state index in [-0.39, 0.29) is 0 Å². The number of alkyl halides is 3. The summed E-state index contributed by atoms with van der Waals surface area (Å²) in [6.07, 6.45) is -5.25. The maximum atomic E-state index is 11.7. The SMILES string of the molecule is O=C(ONS(=O)(=O)Cc1ccccc1)C(F)(F)F. The summed E-state index contributed by atoms with van der Waals surface area (Å²) in [5, 5.41) is 0. The van der Waals surface area contributed by atoms with Crippen molar-refractivity contribution in [3.8, 4) is 0 Å². The van der Waals surface area contributed by atoms with Crippen molar-refractivity contribution in [1.29, 1.82) is 0 Å². The minimum Gasteiger partial charge on any atom is -0.348 e. The van der Waals surface area contributed by atoms with E-state index in [1.165, 1.54) is 12.1 Å². The number of carbonyl (C=O) groups excluding carboxylic acids is 1. The van der Waals surface area contributed by atoms with Gasteiger partial charge in [-0.1, -0.05) is 30.3 Å². The normalized spacial score (nSPS) is 12.2. The summed E-state index contributed by atoms with van der Waals surface area (Å²) < 4.78 is 57.8. The van der Waals surface area contributed by atoms with Crippen LogP contribution < -0.4 is 4.89 Å². The molecule has 5 nitrogen and oxygen atoms in total. The molecule has 0 aliphatic carbocycles. The monoisotopic (exact) mass is 283 g/mol. The highest BCUT2D eigenvalue weighted by molar-refractivity contribution is 7.88. The molecule has 0 unspecified atom stereocenters. The lowest BCUT2D eigenvalue weighted by Gasteiger charge is -2.08. The lowest BCUT2D eigenvalue weighted by Crippen LogP contribution is -2.35. The van der Waals surface area contributed by atoms with Gasteiger partial charge in [0.15, 0.2) is 0 Å². The van der Waals surface area contributed by atoms with Gasteiger partial charge in [0.05, 0.1) is 5.75 Å². The van der Waals surface area contributed by atoms with Crippen LogP contribution in [-0.2, 0) is 25.4 Å². The third kappa shape index (κ3) is 4.72. The maximum absolute atomic E-state index is 11.7. The van der Waals surface area contributed by atoms with Crippen LogP contribution in [-0.4, -0.2) is 20.6 Å². The summed E-state index contributed by atoms with van der Waals surface area (Å²) >= 11 is 0. The number of nitrogens with one attached hydrogen (secondary N) is 1. The van der Waals surface area contributed by atoms with Crippen LogP contribution in [0.2, 0.25) is 0 Å². The van der Waals surface area contributed by atoms with Gasteiger partial charge in [-0.25, -0.2) is 13.2 Å². The molecule has 1 N–H and O–H groups in total. The molecule has 0 aliphatic heterocycles. The van der Waals surface area contributed by atoms with Crippen LogP contribution >= 0.6 is 0 Å². The van der Waals surface area contributed by atoms with Crippen molar-refractivity contribution >= 4 is 16.0 Å². The number of halogens is 3. The zero-order valence-electron chi connectivity index (χ0n) is 8.77. The molecule has 18 heavy (non-hydrogen) atoms. The van der Waals surface area contributed by atoms with Crippen molar-refractivity contribution in [1.82, 2.24) is 4.89 Å². The first-order valence-corrected chi connectivity index (χ1v) is 6.17. The molecule has 0 saturated heterocycles. The van der Waals surface area contributed by atoms with Gasteiger partial charge < -0.3 is 4.84 Å². The second-order valence-electron chi connectivity index (χ2n) is 3.22. The van der Waals surface area contributed by atoms with Gasteiger partial charge in [0, 0.05) is 0 Å². The van der Waals surface area contributed by atoms with Gasteiger partial charge in [-0.15, -0.1) is 0 Å². The molecule has 1 aromatic carbocycles. The molecule has 0 fully saturated rings. The van der Waals surface area contributed by atoms with Crippen LogP contribution in [0.5, 0.6) is 0 Å². The van der Waals surface area contributed by atoms with Crippen LogP contribution in [0.3, 0.4) is 0 Å². The average molecular weight is 283 g/mol. The van der Waals surface area contributed by atoms with Gasteiger partial charge >= 0.3 is 12.1 Å². The van der Waals surface area contributed by atoms with E-state index in [4.69, 9.17) is 0 Å². The third-order valence-corrected chi connectivity index (χ3v) is 2.74. The molecule has 0 heterocycles. The van der Waals surface area contributed by atoms with Crippen molar-refractivity contribution in [3.05, 3.63) is 35.9 Å². The van der Waals surface area contributed by atoms with Crippen molar-refractivity contribution in [2.75, 3.05) is 0 Å². The Labute approximate surface area is 101 Å². The molecule has 1 rings (SSSR count). The number of carbonyl (C=O) groups is 1. The lowest BCUT2D eigenvalue weighted by atomic mass is 10.2. The van der Waals surface area contributed by atoms with E-state index in [0.29, 0.717) is 5.56 Å². The standard InChI is InChI=1S/C9H8F3NO4S/c10-9(11,12)8(14)17-13-18(15,16)6-7-4-2-1-3-5-7/h1-5,13H,6H2. The van der Waals surface area contributed by atoms with E-state index in [2.05, 4.69) is 4.84 Å². The van der Waals surface area contributed by atoms with Gasteiger partial charge in [-0.2, -0.15) is 13.2 Å². The average Bonchev–Trinajstić information content (AvgIpc) is 2.25. The first-order chi connectivity index (χ1) is 8.21. The maximum Gasteiger partial charge on any atom is 0.492 e. The molecule has 100 valence electrons. The Morgan fingerprint density at radius 3 is 2.28 bits per heavy atom. The van der Waals surface area contributed by atoms with Gasteiger partial charge in [-0.3, -0.25) is 0 Å². The second-order valence-corrected chi connectivity index (χ2v) is 4.90. The van der Waals surface area contributed by atoms with E-state index in [9.17, 15) is 26.4 Å². The Balaban J connectivity index is 2.59. The van der Waals surface area contributed by atoms with Crippen molar-refractivity contribution in [3.63, 3.8) is 0 Å². The molecular formula is C9H8F3NO4S. The number of sulfonamides is 1. The second kappa shape index (κ2) is 5.36. The van der Waals surface area contributed by atoms with Crippen LogP contribution in [0.4, 0.5) is 13.2 Å². The number of hydrogen-bond donors (Lipinski definition) is 1. The Kier molecular flexibility index (Phi) is 4.30. The van der Waals surface area contributed by atoms with Gasteiger partial charge in [0.1, 0.15) is 0 Å². The van der Waals surface area contributed by atoms with Crippen LogP contribution in [0.1, 0.15) is 5.56 Å². The predicted molar refractivity (Wildman–Crippen MR) is 54.3 cm³/mol. The Morgan fingerprint density at radius 2 is 1.78 bits per heavy atom. The summed E-state index contributed by atoms with van der Waals surface area (Å²) in [7, 11) is -4.18. The van der Waals surface area contributed by atoms with E-state index in [0.717, 1.165) is 4.89 Å². The summed E-state index contributed by atoms with van der Waals surface area (Å²) in [5.74, 6) is -3.22. The highest BCUT2D eigenvalue weighted by Crippen LogP contribution is 2.16. The van der Waals surface area contributed by atoms with Crippen molar-refractivity contribution in [2.24, 2.45) is 0 Å². The van der Waals surface area contributed by atoms with Gasteiger partial charge in [-0.05, 0) is 10.4 Å². The molecule has 0 aliphatic rings. The summed E-state index contributed by atoms with van der Waals surface area (Å²) in [4.78, 5) is 14.8. The molecule has 0 aromatic heterocycles. The molecule has 0 spiro atoms. The molecule has 0 saturated carbocycles. The summed E-state index contributed by atoms with van der Waals surface area (Å²) in [5.41, 5.74) is 0.341. The smallest absolute Gasteiger partial charge is 0.348 e. The van der Waals surface area contributed by atoms with Crippen molar-refractivity contribution in [2.45, 2.75) is 11.9 Å². The Morgan fingerprint density at radius 1 is 1.22 bits per heavy atom. The van der Waals surface area contributed by atoms with Crippen LogP contribution in [0, 0.1) is 0 Å². The highest BCUT2D eigenvalue weighted by atomic mass is 32.2. The Bertz CT molecular complexity index is 512. The summed E-state index contributed by atoms with van der Waals surface area (Å²) in [6, 6.07) is 7.70. The molecule has 0 radical (unpaired) electrons. The number of benzene rings is 1. The molecule has 0 bridgehead atoms. The first kappa shape index (κ1) is 14.5. The van der Waals surface area contributed by atoms with Crippen molar-refractivity contribution < 1.29 is 31.2 Å². The number of rotatable bonds is 4. The summed E-state index contributed by atoms with van der Waals surface area (Å²) in [6.45, 7) is 0. The van der Waals surface area contributed by atoms with E-state index < -0.39 is 27.9 Å². The third-order valence-electron chi connectivity index (χ3n) is 1.69. The quantitative estimate of drug-likeness (QED) is 0.841.